The fourth-order valence-corrected chi connectivity index (χ4v) is 3.87. The zero-order valence-electron chi connectivity index (χ0n) is 12.5. The molecule has 0 amide bonds. The molecule has 0 saturated carbocycles. The Bertz CT molecular complexity index is 653. The van der Waals surface area contributed by atoms with Crippen molar-refractivity contribution in [2.45, 2.75) is 18.7 Å². The van der Waals surface area contributed by atoms with Crippen LogP contribution >= 0.6 is 31.9 Å². The van der Waals surface area contributed by atoms with Gasteiger partial charge in [0.05, 0.1) is 19.0 Å². The molecule has 21 heavy (non-hydrogen) atoms. The molecule has 0 bridgehead atoms. The highest BCUT2D eigenvalue weighted by molar-refractivity contribution is 9.10. The Morgan fingerprint density at radius 2 is 1.67 bits per heavy atom. The van der Waals surface area contributed by atoms with Gasteiger partial charge in [-0.15, -0.1) is 0 Å². The van der Waals surface area contributed by atoms with E-state index in [0.717, 1.165) is 21.5 Å². The lowest BCUT2D eigenvalue weighted by atomic mass is 9.96. The van der Waals surface area contributed by atoms with Gasteiger partial charge in [0.15, 0.2) is 0 Å². The molecule has 2 nitrogen and oxygen atoms in total. The Kier molecular flexibility index (Phi) is 5.33. The van der Waals surface area contributed by atoms with Crippen LogP contribution in [0, 0.1) is 13.8 Å². The molecule has 1 atom stereocenters. The van der Waals surface area contributed by atoms with Crippen LogP contribution in [0.1, 0.15) is 27.1 Å². The molecule has 0 fully saturated rings. The fourth-order valence-electron chi connectivity index (χ4n) is 2.33. The summed E-state index contributed by atoms with van der Waals surface area (Å²) in [5.74, 6) is 1.55. The van der Waals surface area contributed by atoms with E-state index < -0.39 is 0 Å². The SMILES string of the molecule is COc1ccc(C(Br)c2cccc(C)c2C)c(OC)c1Br. The number of aryl methyl sites for hydroxylation is 1. The standard InChI is InChI=1S/C17H18Br2O2/c1-10-6-5-7-12(11(10)2)15(18)13-8-9-14(20-3)16(19)17(13)21-4/h5-9,15H,1-4H3. The van der Waals surface area contributed by atoms with Gasteiger partial charge >= 0.3 is 0 Å². The Morgan fingerprint density at radius 3 is 2.29 bits per heavy atom. The van der Waals surface area contributed by atoms with Crippen molar-refractivity contribution in [1.29, 1.82) is 0 Å². The number of rotatable bonds is 4. The first kappa shape index (κ1) is 16.4. The van der Waals surface area contributed by atoms with Gasteiger partial charge in [-0.2, -0.15) is 0 Å². The van der Waals surface area contributed by atoms with E-state index in [-0.39, 0.29) is 4.83 Å². The van der Waals surface area contributed by atoms with Gasteiger partial charge in [-0.1, -0.05) is 40.2 Å². The van der Waals surface area contributed by atoms with Crippen LogP contribution in [0.5, 0.6) is 11.5 Å². The van der Waals surface area contributed by atoms with Crippen LogP contribution in [0.3, 0.4) is 0 Å². The van der Waals surface area contributed by atoms with Crippen molar-refractivity contribution in [2.75, 3.05) is 14.2 Å². The lowest BCUT2D eigenvalue weighted by Crippen LogP contribution is -2.01. The maximum Gasteiger partial charge on any atom is 0.141 e. The summed E-state index contributed by atoms with van der Waals surface area (Å²) in [5.41, 5.74) is 4.88. The van der Waals surface area contributed by atoms with Crippen molar-refractivity contribution in [3.05, 3.63) is 57.1 Å². The number of benzene rings is 2. The van der Waals surface area contributed by atoms with E-state index >= 15 is 0 Å². The van der Waals surface area contributed by atoms with Crippen LogP contribution in [0.15, 0.2) is 34.8 Å². The van der Waals surface area contributed by atoms with Crippen molar-refractivity contribution < 1.29 is 9.47 Å². The third-order valence-electron chi connectivity index (χ3n) is 3.71. The monoisotopic (exact) mass is 412 g/mol. The van der Waals surface area contributed by atoms with Gasteiger partial charge in [0, 0.05) is 5.56 Å². The predicted octanol–water partition coefficient (Wildman–Crippen LogP) is 5.57. The smallest absolute Gasteiger partial charge is 0.141 e. The van der Waals surface area contributed by atoms with Crippen molar-refractivity contribution in [3.63, 3.8) is 0 Å². The van der Waals surface area contributed by atoms with Crippen LogP contribution in [-0.4, -0.2) is 14.2 Å². The lowest BCUT2D eigenvalue weighted by Gasteiger charge is -2.19. The van der Waals surface area contributed by atoms with Crippen molar-refractivity contribution in [1.82, 2.24) is 0 Å². The van der Waals surface area contributed by atoms with Gasteiger partial charge in [0.2, 0.25) is 0 Å². The van der Waals surface area contributed by atoms with Crippen molar-refractivity contribution in [3.8, 4) is 11.5 Å². The summed E-state index contributed by atoms with van der Waals surface area (Å²) in [7, 11) is 3.32. The van der Waals surface area contributed by atoms with Gasteiger partial charge in [-0.05, 0) is 52.5 Å². The molecule has 0 aliphatic rings. The number of ether oxygens (including phenoxy) is 2. The molecule has 0 N–H and O–H groups in total. The molecule has 0 saturated heterocycles. The van der Waals surface area contributed by atoms with E-state index in [1.165, 1.54) is 16.7 Å². The predicted molar refractivity (Wildman–Crippen MR) is 93.9 cm³/mol. The Balaban J connectivity index is 2.56. The van der Waals surface area contributed by atoms with E-state index in [1.807, 2.05) is 12.1 Å². The zero-order valence-corrected chi connectivity index (χ0v) is 15.7. The van der Waals surface area contributed by atoms with Gasteiger partial charge in [-0.3, -0.25) is 0 Å². The highest BCUT2D eigenvalue weighted by atomic mass is 79.9. The third-order valence-corrected chi connectivity index (χ3v) is 5.45. The molecule has 0 aliphatic carbocycles. The van der Waals surface area contributed by atoms with Crippen molar-refractivity contribution >= 4 is 31.9 Å². The van der Waals surface area contributed by atoms with Gasteiger partial charge in [-0.25, -0.2) is 0 Å². The average Bonchev–Trinajstić information content (AvgIpc) is 2.49. The first-order valence-corrected chi connectivity index (χ1v) is 8.32. The van der Waals surface area contributed by atoms with Crippen molar-refractivity contribution in [2.24, 2.45) is 0 Å². The minimum Gasteiger partial charge on any atom is -0.495 e. The molecular weight excluding hydrogens is 396 g/mol. The Hall–Kier alpha value is -1.00. The Labute approximate surface area is 142 Å². The molecule has 4 heteroatoms. The van der Waals surface area contributed by atoms with Gasteiger partial charge in [0.25, 0.3) is 0 Å². The second-order valence-electron chi connectivity index (χ2n) is 4.86. The number of methoxy groups -OCH3 is 2. The molecule has 1 unspecified atom stereocenters. The number of halogens is 2. The normalized spacial score (nSPS) is 12.1. The largest absolute Gasteiger partial charge is 0.495 e. The summed E-state index contributed by atoms with van der Waals surface area (Å²) in [6, 6.07) is 10.3. The molecule has 0 aliphatic heterocycles. The number of hydrogen-bond acceptors (Lipinski definition) is 2. The van der Waals surface area contributed by atoms with E-state index in [0.29, 0.717) is 0 Å². The van der Waals surface area contributed by atoms with E-state index in [1.54, 1.807) is 14.2 Å². The molecular formula is C17H18Br2O2. The zero-order chi connectivity index (χ0) is 15.6. The molecule has 0 radical (unpaired) electrons. The minimum atomic E-state index is 0.0644. The topological polar surface area (TPSA) is 18.5 Å². The van der Waals surface area contributed by atoms with E-state index in [4.69, 9.17) is 9.47 Å². The molecule has 2 aromatic carbocycles. The van der Waals surface area contributed by atoms with Gasteiger partial charge < -0.3 is 9.47 Å². The summed E-state index contributed by atoms with van der Waals surface area (Å²) in [6.45, 7) is 4.27. The van der Waals surface area contributed by atoms with Crippen LogP contribution in [0.4, 0.5) is 0 Å². The van der Waals surface area contributed by atoms with E-state index in [9.17, 15) is 0 Å². The molecule has 2 rings (SSSR count). The summed E-state index contributed by atoms with van der Waals surface area (Å²) in [6.07, 6.45) is 0. The minimum absolute atomic E-state index is 0.0644. The second kappa shape index (κ2) is 6.84. The van der Waals surface area contributed by atoms with Crippen LogP contribution < -0.4 is 9.47 Å². The summed E-state index contributed by atoms with van der Waals surface area (Å²) in [5, 5.41) is 0. The van der Waals surface area contributed by atoms with Gasteiger partial charge in [0.1, 0.15) is 16.0 Å². The lowest BCUT2D eigenvalue weighted by molar-refractivity contribution is 0.386. The maximum atomic E-state index is 5.57. The fraction of sp³-hybridized carbons (Fsp3) is 0.294. The van der Waals surface area contributed by atoms with Crippen LogP contribution in [0.2, 0.25) is 0 Å². The molecule has 0 spiro atoms. The van der Waals surface area contributed by atoms with Crippen LogP contribution in [-0.2, 0) is 0 Å². The highest BCUT2D eigenvalue weighted by Crippen LogP contribution is 2.44. The molecule has 0 heterocycles. The summed E-state index contributed by atoms with van der Waals surface area (Å²) in [4.78, 5) is 0.0644. The summed E-state index contributed by atoms with van der Waals surface area (Å²) >= 11 is 7.37. The molecule has 112 valence electrons. The second-order valence-corrected chi connectivity index (χ2v) is 6.56. The molecule has 0 aromatic heterocycles. The first-order valence-electron chi connectivity index (χ1n) is 6.61. The quantitative estimate of drug-likeness (QED) is 0.610. The first-order chi connectivity index (χ1) is 10.0. The number of hydrogen-bond donors (Lipinski definition) is 0. The maximum absolute atomic E-state index is 5.57. The third kappa shape index (κ3) is 3.11. The number of alkyl halides is 1. The molecule has 2 aromatic rings. The summed E-state index contributed by atoms with van der Waals surface area (Å²) < 4.78 is 11.7. The highest BCUT2D eigenvalue weighted by Gasteiger charge is 2.21. The Morgan fingerprint density at radius 1 is 0.952 bits per heavy atom. The van der Waals surface area contributed by atoms with E-state index in [2.05, 4.69) is 63.9 Å². The van der Waals surface area contributed by atoms with Crippen LogP contribution in [0.25, 0.3) is 0 Å². The average molecular weight is 414 g/mol.